The van der Waals surface area contributed by atoms with Crippen LogP contribution in [0.3, 0.4) is 0 Å². The van der Waals surface area contributed by atoms with Crippen LogP contribution in [0, 0.1) is 0 Å². The zero-order chi connectivity index (χ0) is 13.2. The lowest BCUT2D eigenvalue weighted by atomic mass is 10.0. The molecule has 1 atom stereocenters. The fourth-order valence-electron chi connectivity index (χ4n) is 2.52. The summed E-state index contributed by atoms with van der Waals surface area (Å²) in [5.74, 6) is 0. The van der Waals surface area contributed by atoms with Crippen molar-refractivity contribution in [1.82, 2.24) is 0 Å². The van der Waals surface area contributed by atoms with E-state index in [1.807, 2.05) is 6.92 Å². The number of nitrogens with two attached hydrogens (primary N) is 1. The predicted molar refractivity (Wildman–Crippen MR) is 76.0 cm³/mol. The van der Waals surface area contributed by atoms with Crippen molar-refractivity contribution in [2.75, 3.05) is 24.7 Å². The fraction of sp³-hybridized carbons (Fsp3) is 0.600. The van der Waals surface area contributed by atoms with Crippen LogP contribution in [0.15, 0.2) is 24.3 Å². The summed E-state index contributed by atoms with van der Waals surface area (Å²) < 4.78 is 5.55. The van der Waals surface area contributed by atoms with Gasteiger partial charge in [0.05, 0.1) is 18.8 Å². The third-order valence-corrected chi connectivity index (χ3v) is 3.45. The summed E-state index contributed by atoms with van der Waals surface area (Å²) in [5.41, 5.74) is 8.47. The Bertz CT molecular complexity index is 384. The molecule has 2 N–H and O–H groups in total. The molecule has 1 saturated heterocycles. The van der Waals surface area contributed by atoms with Gasteiger partial charge in [-0.05, 0) is 44.9 Å². The van der Waals surface area contributed by atoms with E-state index in [9.17, 15) is 0 Å². The van der Waals surface area contributed by atoms with Crippen LogP contribution < -0.4 is 10.6 Å². The number of ether oxygens (including phenoxy) is 1. The topological polar surface area (TPSA) is 38.5 Å². The SMILES string of the molecule is CC(N)Cc1ccc(N2CCOCC2(C)C)cc1. The molecule has 1 unspecified atom stereocenters. The van der Waals surface area contributed by atoms with Gasteiger partial charge in [-0.25, -0.2) is 0 Å². The Hall–Kier alpha value is -1.06. The second-order valence-electron chi connectivity index (χ2n) is 5.86. The van der Waals surface area contributed by atoms with Gasteiger partial charge >= 0.3 is 0 Å². The lowest BCUT2D eigenvalue weighted by Crippen LogP contribution is -2.53. The minimum Gasteiger partial charge on any atom is -0.377 e. The molecule has 1 aliphatic rings. The van der Waals surface area contributed by atoms with Gasteiger partial charge in [-0.2, -0.15) is 0 Å². The maximum Gasteiger partial charge on any atom is 0.0694 e. The number of rotatable bonds is 3. The minimum absolute atomic E-state index is 0.0704. The van der Waals surface area contributed by atoms with Gasteiger partial charge in [-0.1, -0.05) is 12.1 Å². The van der Waals surface area contributed by atoms with Crippen LogP contribution in [0.25, 0.3) is 0 Å². The molecule has 1 aromatic carbocycles. The van der Waals surface area contributed by atoms with Crippen LogP contribution in [0.2, 0.25) is 0 Å². The van der Waals surface area contributed by atoms with E-state index in [1.54, 1.807) is 0 Å². The average Bonchev–Trinajstić information content (AvgIpc) is 2.29. The fourth-order valence-corrected chi connectivity index (χ4v) is 2.52. The highest BCUT2D eigenvalue weighted by molar-refractivity contribution is 5.50. The molecule has 0 bridgehead atoms. The van der Waals surface area contributed by atoms with Crippen LogP contribution in [0.5, 0.6) is 0 Å². The molecule has 0 saturated carbocycles. The summed E-state index contributed by atoms with van der Waals surface area (Å²) in [4.78, 5) is 2.42. The highest BCUT2D eigenvalue weighted by atomic mass is 16.5. The summed E-state index contributed by atoms with van der Waals surface area (Å²) in [7, 11) is 0. The van der Waals surface area contributed by atoms with E-state index < -0.39 is 0 Å². The van der Waals surface area contributed by atoms with E-state index in [2.05, 4.69) is 43.0 Å². The summed E-state index contributed by atoms with van der Waals surface area (Å²) >= 11 is 0. The number of morpholine rings is 1. The molecule has 0 amide bonds. The monoisotopic (exact) mass is 248 g/mol. The van der Waals surface area contributed by atoms with Gasteiger partial charge < -0.3 is 15.4 Å². The first-order chi connectivity index (χ1) is 8.49. The lowest BCUT2D eigenvalue weighted by molar-refractivity contribution is 0.0644. The summed E-state index contributed by atoms with van der Waals surface area (Å²) in [6.07, 6.45) is 0.937. The molecule has 100 valence electrons. The van der Waals surface area contributed by atoms with Crippen molar-refractivity contribution >= 4 is 5.69 Å². The minimum atomic E-state index is 0.0704. The molecule has 18 heavy (non-hydrogen) atoms. The molecule has 1 aromatic rings. The predicted octanol–water partition coefficient (Wildman–Crippen LogP) is 2.19. The Morgan fingerprint density at radius 2 is 2.00 bits per heavy atom. The average molecular weight is 248 g/mol. The molecule has 0 aliphatic carbocycles. The third-order valence-electron chi connectivity index (χ3n) is 3.45. The summed E-state index contributed by atoms with van der Waals surface area (Å²) in [6, 6.07) is 8.99. The highest BCUT2D eigenvalue weighted by Gasteiger charge is 2.30. The third kappa shape index (κ3) is 3.03. The van der Waals surface area contributed by atoms with Gasteiger partial charge in [0.1, 0.15) is 0 Å². The van der Waals surface area contributed by atoms with Crippen molar-refractivity contribution in [3.8, 4) is 0 Å². The number of hydrogen-bond acceptors (Lipinski definition) is 3. The molecular weight excluding hydrogens is 224 g/mol. The number of anilines is 1. The number of hydrogen-bond donors (Lipinski definition) is 1. The molecule has 0 aromatic heterocycles. The Morgan fingerprint density at radius 3 is 2.56 bits per heavy atom. The van der Waals surface area contributed by atoms with Crippen LogP contribution in [0.4, 0.5) is 5.69 Å². The largest absolute Gasteiger partial charge is 0.377 e. The van der Waals surface area contributed by atoms with E-state index >= 15 is 0 Å². The van der Waals surface area contributed by atoms with Gasteiger partial charge in [0.25, 0.3) is 0 Å². The zero-order valence-electron chi connectivity index (χ0n) is 11.6. The number of benzene rings is 1. The molecule has 1 aliphatic heterocycles. The van der Waals surface area contributed by atoms with Crippen LogP contribution in [-0.2, 0) is 11.2 Å². The smallest absolute Gasteiger partial charge is 0.0694 e. The molecule has 1 fully saturated rings. The van der Waals surface area contributed by atoms with Crippen molar-refractivity contribution in [3.05, 3.63) is 29.8 Å². The maximum atomic E-state index is 5.82. The Kier molecular flexibility index (Phi) is 3.93. The van der Waals surface area contributed by atoms with Crippen molar-refractivity contribution in [2.45, 2.75) is 38.8 Å². The van der Waals surface area contributed by atoms with Crippen molar-refractivity contribution in [2.24, 2.45) is 5.73 Å². The molecule has 3 heteroatoms. The molecule has 3 nitrogen and oxygen atoms in total. The van der Waals surface area contributed by atoms with Crippen LogP contribution in [-0.4, -0.2) is 31.3 Å². The molecule has 0 radical (unpaired) electrons. The zero-order valence-corrected chi connectivity index (χ0v) is 11.6. The van der Waals surface area contributed by atoms with Gasteiger partial charge in [-0.3, -0.25) is 0 Å². The Labute approximate surface area is 110 Å². The maximum absolute atomic E-state index is 5.82. The van der Waals surface area contributed by atoms with Gasteiger partial charge in [0.2, 0.25) is 0 Å². The van der Waals surface area contributed by atoms with Gasteiger partial charge in [0, 0.05) is 18.3 Å². The van der Waals surface area contributed by atoms with E-state index in [4.69, 9.17) is 10.5 Å². The van der Waals surface area contributed by atoms with Crippen LogP contribution >= 0.6 is 0 Å². The van der Waals surface area contributed by atoms with E-state index in [-0.39, 0.29) is 11.6 Å². The van der Waals surface area contributed by atoms with Crippen molar-refractivity contribution < 1.29 is 4.74 Å². The normalized spacial score (nSPS) is 20.8. The second-order valence-corrected chi connectivity index (χ2v) is 5.86. The first kappa shape index (κ1) is 13.4. The lowest BCUT2D eigenvalue weighted by Gasteiger charge is -2.43. The van der Waals surface area contributed by atoms with E-state index in [0.717, 1.165) is 26.2 Å². The first-order valence-corrected chi connectivity index (χ1v) is 6.69. The second kappa shape index (κ2) is 5.29. The van der Waals surface area contributed by atoms with Crippen molar-refractivity contribution in [1.29, 1.82) is 0 Å². The van der Waals surface area contributed by atoms with Gasteiger partial charge in [-0.15, -0.1) is 0 Å². The Balaban J connectivity index is 2.13. The van der Waals surface area contributed by atoms with E-state index in [1.165, 1.54) is 11.3 Å². The highest BCUT2D eigenvalue weighted by Crippen LogP contribution is 2.27. The van der Waals surface area contributed by atoms with Crippen LogP contribution in [0.1, 0.15) is 26.3 Å². The van der Waals surface area contributed by atoms with Gasteiger partial charge in [0.15, 0.2) is 0 Å². The standard InChI is InChI=1S/C15H24N2O/c1-12(16)10-13-4-6-14(7-5-13)17-8-9-18-11-15(17,2)3/h4-7,12H,8-11,16H2,1-3H3. The molecule has 2 rings (SSSR count). The first-order valence-electron chi connectivity index (χ1n) is 6.69. The Morgan fingerprint density at radius 1 is 1.33 bits per heavy atom. The summed E-state index contributed by atoms with van der Waals surface area (Å²) in [5, 5.41) is 0. The molecule has 1 heterocycles. The quantitative estimate of drug-likeness (QED) is 0.891. The van der Waals surface area contributed by atoms with Crippen molar-refractivity contribution in [3.63, 3.8) is 0 Å². The van der Waals surface area contributed by atoms with E-state index in [0.29, 0.717) is 0 Å². The summed E-state index contributed by atoms with van der Waals surface area (Å²) in [6.45, 7) is 9.04. The molecular formula is C15H24N2O. The molecule has 0 spiro atoms. The number of nitrogens with zero attached hydrogens (tertiary/aromatic N) is 1.